The maximum Gasteiger partial charge on any atom is 0.271 e. The Bertz CT molecular complexity index is 642. The van der Waals surface area contributed by atoms with Crippen molar-refractivity contribution in [1.29, 1.82) is 0 Å². The summed E-state index contributed by atoms with van der Waals surface area (Å²) < 4.78 is 28.0. The summed E-state index contributed by atoms with van der Waals surface area (Å²) in [5, 5.41) is 15.6. The molecule has 9 nitrogen and oxygen atoms in total. The number of sulfonamides is 1. The minimum absolute atomic E-state index is 0.205. The van der Waals surface area contributed by atoms with Crippen LogP contribution < -0.4 is 15.6 Å². The van der Waals surface area contributed by atoms with Crippen molar-refractivity contribution in [2.45, 2.75) is 24.3 Å². The molecule has 0 bridgehead atoms. The number of primary sulfonamides is 1. The Balaban J connectivity index is 3.33. The minimum Gasteiger partial charge on any atom is -0.479 e. The van der Waals surface area contributed by atoms with Gasteiger partial charge < -0.3 is 10.5 Å². The summed E-state index contributed by atoms with van der Waals surface area (Å²) in [6, 6.07) is 2.86. The number of hydrogen-bond acceptors (Lipinski definition) is 6. The number of amides is 1. The Hall–Kier alpha value is -2.20. The van der Waals surface area contributed by atoms with Gasteiger partial charge >= 0.3 is 0 Å². The van der Waals surface area contributed by atoms with Crippen molar-refractivity contribution < 1.29 is 22.9 Å². The van der Waals surface area contributed by atoms with Crippen LogP contribution in [0.15, 0.2) is 23.1 Å². The zero-order valence-corrected chi connectivity index (χ0v) is 11.3. The zero-order valence-electron chi connectivity index (χ0n) is 10.5. The van der Waals surface area contributed by atoms with Crippen molar-refractivity contribution in [1.82, 2.24) is 0 Å². The van der Waals surface area contributed by atoms with E-state index in [4.69, 9.17) is 15.6 Å². The van der Waals surface area contributed by atoms with Crippen molar-refractivity contribution in [2.24, 2.45) is 10.9 Å². The third-order valence-electron chi connectivity index (χ3n) is 2.40. The number of primary amides is 1. The number of nitrogens with zero attached hydrogens (tertiary/aromatic N) is 1. The fourth-order valence-corrected chi connectivity index (χ4v) is 2.11. The van der Waals surface area contributed by atoms with Crippen molar-refractivity contribution in [3.8, 4) is 5.75 Å². The zero-order chi connectivity index (χ0) is 15.5. The lowest BCUT2D eigenvalue weighted by Crippen LogP contribution is -2.33. The predicted octanol–water partition coefficient (Wildman–Crippen LogP) is -0.115. The molecule has 20 heavy (non-hydrogen) atoms. The van der Waals surface area contributed by atoms with Crippen LogP contribution in [0.5, 0.6) is 5.75 Å². The first kappa shape index (κ1) is 15.9. The van der Waals surface area contributed by atoms with Gasteiger partial charge in [-0.15, -0.1) is 0 Å². The topological polar surface area (TPSA) is 156 Å². The van der Waals surface area contributed by atoms with E-state index >= 15 is 0 Å². The largest absolute Gasteiger partial charge is 0.479 e. The Kier molecular flexibility index (Phi) is 4.63. The number of rotatable bonds is 6. The SMILES string of the molecule is CCC(Oc1ccc([N+](=O)[O-])cc1S(N)(=O)=O)C(N)=O. The average Bonchev–Trinajstić information content (AvgIpc) is 2.34. The number of hydrogen-bond donors (Lipinski definition) is 2. The van der Waals surface area contributed by atoms with Gasteiger partial charge in [0.25, 0.3) is 11.6 Å². The number of non-ortho nitro benzene ring substituents is 1. The molecule has 1 atom stereocenters. The van der Waals surface area contributed by atoms with Gasteiger partial charge in [0.15, 0.2) is 6.10 Å². The second kappa shape index (κ2) is 5.84. The molecular weight excluding hydrogens is 290 g/mol. The van der Waals surface area contributed by atoms with Crippen molar-refractivity contribution >= 4 is 21.6 Å². The van der Waals surface area contributed by atoms with Crippen LogP contribution in [0.25, 0.3) is 0 Å². The monoisotopic (exact) mass is 303 g/mol. The van der Waals surface area contributed by atoms with E-state index in [1.54, 1.807) is 6.92 Å². The molecule has 10 heteroatoms. The molecule has 1 aromatic rings. The van der Waals surface area contributed by atoms with Gasteiger partial charge in [-0.05, 0) is 12.5 Å². The highest BCUT2D eigenvalue weighted by atomic mass is 32.2. The summed E-state index contributed by atoms with van der Waals surface area (Å²) in [5.74, 6) is -1.05. The van der Waals surface area contributed by atoms with Gasteiger partial charge in [-0.2, -0.15) is 0 Å². The summed E-state index contributed by atoms with van der Waals surface area (Å²) in [5.41, 5.74) is 4.62. The summed E-state index contributed by atoms with van der Waals surface area (Å²) in [6.45, 7) is 1.61. The lowest BCUT2D eigenvalue weighted by Gasteiger charge is -2.16. The van der Waals surface area contributed by atoms with Gasteiger partial charge in [0.1, 0.15) is 10.6 Å². The molecule has 0 saturated carbocycles. The smallest absolute Gasteiger partial charge is 0.271 e. The molecule has 0 aliphatic carbocycles. The maximum atomic E-state index is 11.4. The first-order chi connectivity index (χ1) is 9.16. The molecular formula is C10H13N3O6S. The summed E-state index contributed by atoms with van der Waals surface area (Å²) >= 11 is 0. The molecule has 1 amide bonds. The van der Waals surface area contributed by atoms with E-state index in [9.17, 15) is 23.3 Å². The molecule has 1 rings (SSSR count). The van der Waals surface area contributed by atoms with Gasteiger partial charge in [0.2, 0.25) is 10.0 Å². The average molecular weight is 303 g/mol. The molecule has 1 unspecified atom stereocenters. The molecule has 0 spiro atoms. The minimum atomic E-state index is -4.25. The highest BCUT2D eigenvalue weighted by Crippen LogP contribution is 2.28. The van der Waals surface area contributed by atoms with Gasteiger partial charge in [0.05, 0.1) is 4.92 Å². The summed E-state index contributed by atoms with van der Waals surface area (Å²) in [7, 11) is -4.25. The quantitative estimate of drug-likeness (QED) is 0.551. The van der Waals surface area contributed by atoms with Gasteiger partial charge in [-0.25, -0.2) is 13.6 Å². The fraction of sp³-hybridized carbons (Fsp3) is 0.300. The molecule has 0 fully saturated rings. The fourth-order valence-electron chi connectivity index (χ4n) is 1.43. The van der Waals surface area contributed by atoms with Crippen LogP contribution in [-0.4, -0.2) is 25.4 Å². The summed E-state index contributed by atoms with van der Waals surface area (Å²) in [6.07, 6.45) is -0.854. The van der Waals surface area contributed by atoms with Crippen LogP contribution in [0, 0.1) is 10.1 Å². The van der Waals surface area contributed by atoms with Crippen molar-refractivity contribution in [3.05, 3.63) is 28.3 Å². The number of nitrogens with two attached hydrogens (primary N) is 2. The predicted molar refractivity (Wildman–Crippen MR) is 68.4 cm³/mol. The van der Waals surface area contributed by atoms with Crippen molar-refractivity contribution in [2.75, 3.05) is 0 Å². The molecule has 1 aromatic carbocycles. The van der Waals surface area contributed by atoms with Crippen LogP contribution in [-0.2, 0) is 14.8 Å². The molecule has 0 radical (unpaired) electrons. The van der Waals surface area contributed by atoms with Crippen LogP contribution >= 0.6 is 0 Å². The number of nitro groups is 1. The van der Waals surface area contributed by atoms with Crippen LogP contribution in [0.2, 0.25) is 0 Å². The normalized spacial score (nSPS) is 12.7. The number of nitro benzene ring substituents is 1. The van der Waals surface area contributed by atoms with Crippen molar-refractivity contribution in [3.63, 3.8) is 0 Å². The molecule has 0 saturated heterocycles. The van der Waals surface area contributed by atoms with E-state index in [1.165, 1.54) is 0 Å². The van der Waals surface area contributed by atoms with E-state index in [0.29, 0.717) is 0 Å². The van der Waals surface area contributed by atoms with E-state index in [-0.39, 0.29) is 12.2 Å². The number of carbonyl (C=O) groups excluding carboxylic acids is 1. The number of ether oxygens (including phenoxy) is 1. The third kappa shape index (κ3) is 3.65. The molecule has 110 valence electrons. The van der Waals surface area contributed by atoms with Gasteiger partial charge in [-0.3, -0.25) is 14.9 Å². The standard InChI is InChI=1S/C10H13N3O6S/c1-2-7(10(11)14)19-8-4-3-6(13(15)16)5-9(8)20(12,17)18/h3-5,7H,2H2,1H3,(H2,11,14)(H2,12,17,18). The molecule has 0 aromatic heterocycles. The van der Waals surface area contributed by atoms with Crippen LogP contribution in [0.3, 0.4) is 0 Å². The third-order valence-corrected chi connectivity index (χ3v) is 3.33. The lowest BCUT2D eigenvalue weighted by molar-refractivity contribution is -0.385. The van der Waals surface area contributed by atoms with E-state index in [0.717, 1.165) is 18.2 Å². The number of carbonyl (C=O) groups is 1. The van der Waals surface area contributed by atoms with E-state index < -0.39 is 37.5 Å². The second-order valence-electron chi connectivity index (χ2n) is 3.85. The molecule has 0 aliphatic rings. The maximum absolute atomic E-state index is 11.4. The highest BCUT2D eigenvalue weighted by Gasteiger charge is 2.23. The Labute approximate surface area is 114 Å². The number of benzene rings is 1. The molecule has 4 N–H and O–H groups in total. The second-order valence-corrected chi connectivity index (χ2v) is 5.38. The summed E-state index contributed by atoms with van der Waals surface area (Å²) in [4.78, 5) is 20.4. The Morgan fingerprint density at radius 1 is 1.50 bits per heavy atom. The molecule has 0 aliphatic heterocycles. The van der Waals surface area contributed by atoms with Gasteiger partial charge in [0, 0.05) is 12.1 Å². The Morgan fingerprint density at radius 3 is 2.50 bits per heavy atom. The van der Waals surface area contributed by atoms with Crippen LogP contribution in [0.4, 0.5) is 5.69 Å². The first-order valence-corrected chi connectivity index (χ1v) is 6.98. The van der Waals surface area contributed by atoms with E-state index in [2.05, 4.69) is 0 Å². The highest BCUT2D eigenvalue weighted by molar-refractivity contribution is 7.89. The first-order valence-electron chi connectivity index (χ1n) is 5.44. The van der Waals surface area contributed by atoms with E-state index in [1.807, 2.05) is 0 Å². The lowest BCUT2D eigenvalue weighted by atomic mass is 10.2. The van der Waals surface area contributed by atoms with Gasteiger partial charge in [-0.1, -0.05) is 6.92 Å². The Morgan fingerprint density at radius 2 is 2.10 bits per heavy atom. The van der Waals surface area contributed by atoms with Crippen LogP contribution in [0.1, 0.15) is 13.3 Å². The molecule has 0 heterocycles.